The van der Waals surface area contributed by atoms with Crippen molar-refractivity contribution in [2.24, 2.45) is 0 Å². The lowest BCUT2D eigenvalue weighted by atomic mass is 10.1. The Kier molecular flexibility index (Phi) is 5.39. The van der Waals surface area contributed by atoms with Crippen LogP contribution >= 0.6 is 11.8 Å². The summed E-state index contributed by atoms with van der Waals surface area (Å²) in [6.45, 7) is 0. The van der Waals surface area contributed by atoms with Gasteiger partial charge in [-0.3, -0.25) is 14.7 Å². The molecule has 1 aromatic heterocycles. The summed E-state index contributed by atoms with van der Waals surface area (Å²) >= 11 is 1.55. The van der Waals surface area contributed by atoms with E-state index >= 15 is 0 Å². The van der Waals surface area contributed by atoms with E-state index in [0.29, 0.717) is 17.0 Å². The molecule has 4 aromatic rings. The molecule has 1 heterocycles. The maximum Gasteiger partial charge on any atom is 0.270 e. The first kappa shape index (κ1) is 18.9. The number of nitro groups is 1. The van der Waals surface area contributed by atoms with E-state index in [0.717, 1.165) is 16.4 Å². The summed E-state index contributed by atoms with van der Waals surface area (Å²) in [7, 11) is 0. The number of non-ortho nitro benzene ring substituents is 1. The van der Waals surface area contributed by atoms with E-state index in [4.69, 9.17) is 0 Å². The summed E-state index contributed by atoms with van der Waals surface area (Å²) in [5, 5.41) is 11.9. The Labute approximate surface area is 171 Å². The van der Waals surface area contributed by atoms with Gasteiger partial charge in [0.2, 0.25) is 0 Å². The van der Waals surface area contributed by atoms with Gasteiger partial charge in [-0.25, -0.2) is 9.37 Å². The fourth-order valence-electron chi connectivity index (χ4n) is 2.98. The first-order valence-electron chi connectivity index (χ1n) is 8.87. The van der Waals surface area contributed by atoms with Gasteiger partial charge in [0.05, 0.1) is 16.8 Å². The van der Waals surface area contributed by atoms with E-state index < -0.39 is 4.92 Å². The molecule has 7 heteroatoms. The van der Waals surface area contributed by atoms with Gasteiger partial charge >= 0.3 is 0 Å². The molecule has 29 heavy (non-hydrogen) atoms. The molecule has 0 aliphatic carbocycles. The Bertz CT molecular complexity index is 1140. The quantitative estimate of drug-likeness (QED) is 0.228. The second kappa shape index (κ2) is 8.28. The average molecular weight is 405 g/mol. The zero-order valence-corrected chi connectivity index (χ0v) is 16.1. The van der Waals surface area contributed by atoms with Gasteiger partial charge in [0.25, 0.3) is 5.69 Å². The summed E-state index contributed by atoms with van der Waals surface area (Å²) < 4.78 is 15.4. The maximum atomic E-state index is 13.5. The monoisotopic (exact) mass is 405 g/mol. The summed E-state index contributed by atoms with van der Waals surface area (Å²) in [6, 6.07) is 22.5. The molecule has 0 fully saturated rings. The van der Waals surface area contributed by atoms with Crippen molar-refractivity contribution in [1.82, 2.24) is 9.55 Å². The molecule has 0 aliphatic rings. The van der Waals surface area contributed by atoms with Crippen molar-refractivity contribution < 1.29 is 9.31 Å². The topological polar surface area (TPSA) is 61.0 Å². The fourth-order valence-corrected chi connectivity index (χ4v) is 3.93. The summed E-state index contributed by atoms with van der Waals surface area (Å²) in [6.07, 6.45) is 1.69. The van der Waals surface area contributed by atoms with Crippen LogP contribution in [0.3, 0.4) is 0 Å². The number of imidazole rings is 1. The zero-order chi connectivity index (χ0) is 20.2. The highest BCUT2D eigenvalue weighted by Crippen LogP contribution is 2.32. The predicted octanol–water partition coefficient (Wildman–Crippen LogP) is 5.88. The normalized spacial score (nSPS) is 10.8. The van der Waals surface area contributed by atoms with E-state index in [1.807, 2.05) is 34.9 Å². The Morgan fingerprint density at radius 3 is 2.48 bits per heavy atom. The number of benzene rings is 3. The van der Waals surface area contributed by atoms with E-state index in [1.165, 1.54) is 24.3 Å². The molecule has 4 rings (SSSR count). The number of rotatable bonds is 6. The van der Waals surface area contributed by atoms with Crippen molar-refractivity contribution in [2.45, 2.75) is 10.9 Å². The standard InChI is InChI=1S/C22H16FN3O2S/c23-18-9-11-19(12-10-18)25-21(17-7-4-8-20(13-17)26(27)28)14-24-22(25)29-15-16-5-2-1-3-6-16/h1-14H,15H2. The third-order valence-electron chi connectivity index (χ3n) is 4.38. The molecule has 0 unspecified atom stereocenters. The SMILES string of the molecule is O=[N+]([O-])c1cccc(-c2cnc(SCc3ccccc3)n2-c2ccc(F)cc2)c1. The second-order valence-electron chi connectivity index (χ2n) is 6.32. The number of nitro benzene ring substituents is 1. The van der Waals surface area contributed by atoms with Crippen LogP contribution in [-0.4, -0.2) is 14.5 Å². The molecule has 0 atom stereocenters. The number of hydrogen-bond donors (Lipinski definition) is 0. The van der Waals surface area contributed by atoms with Gasteiger partial charge in [-0.05, 0) is 29.8 Å². The maximum absolute atomic E-state index is 13.5. The minimum atomic E-state index is -0.423. The molecule has 0 spiro atoms. The van der Waals surface area contributed by atoms with Crippen LogP contribution in [0.2, 0.25) is 0 Å². The van der Waals surface area contributed by atoms with Crippen LogP contribution in [-0.2, 0) is 5.75 Å². The lowest BCUT2D eigenvalue weighted by molar-refractivity contribution is -0.384. The van der Waals surface area contributed by atoms with Crippen molar-refractivity contribution in [2.75, 3.05) is 0 Å². The largest absolute Gasteiger partial charge is 0.287 e. The van der Waals surface area contributed by atoms with Crippen LogP contribution in [0.4, 0.5) is 10.1 Å². The molecule has 144 valence electrons. The van der Waals surface area contributed by atoms with Crippen LogP contribution in [0.15, 0.2) is 90.2 Å². The highest BCUT2D eigenvalue weighted by atomic mass is 32.2. The first-order chi connectivity index (χ1) is 14.1. The Balaban J connectivity index is 1.77. The van der Waals surface area contributed by atoms with Gasteiger partial charge in [-0.15, -0.1) is 0 Å². The van der Waals surface area contributed by atoms with Crippen LogP contribution in [0.5, 0.6) is 0 Å². The lowest BCUT2D eigenvalue weighted by Gasteiger charge is -2.12. The van der Waals surface area contributed by atoms with Crippen molar-refractivity contribution in [1.29, 1.82) is 0 Å². The molecular formula is C22H16FN3O2S. The van der Waals surface area contributed by atoms with Gasteiger partial charge in [0.15, 0.2) is 5.16 Å². The molecule has 0 N–H and O–H groups in total. The van der Waals surface area contributed by atoms with Gasteiger partial charge in [-0.1, -0.05) is 54.2 Å². The van der Waals surface area contributed by atoms with Crippen LogP contribution in [0, 0.1) is 15.9 Å². The number of thioether (sulfide) groups is 1. The third kappa shape index (κ3) is 4.20. The highest BCUT2D eigenvalue weighted by molar-refractivity contribution is 7.98. The smallest absolute Gasteiger partial charge is 0.270 e. The number of halogens is 1. The molecule has 5 nitrogen and oxygen atoms in total. The van der Waals surface area contributed by atoms with Crippen molar-refractivity contribution in [3.05, 3.63) is 107 Å². The third-order valence-corrected chi connectivity index (χ3v) is 5.40. The minimum absolute atomic E-state index is 0.00726. The summed E-state index contributed by atoms with van der Waals surface area (Å²) in [5.74, 6) is 0.386. The fraction of sp³-hybridized carbons (Fsp3) is 0.0455. The van der Waals surface area contributed by atoms with Crippen molar-refractivity contribution in [3.63, 3.8) is 0 Å². The van der Waals surface area contributed by atoms with E-state index in [1.54, 1.807) is 42.2 Å². The molecule has 0 saturated carbocycles. The first-order valence-corrected chi connectivity index (χ1v) is 9.85. The molecule has 0 radical (unpaired) electrons. The summed E-state index contributed by atoms with van der Waals surface area (Å²) in [4.78, 5) is 15.3. The van der Waals surface area contributed by atoms with Gasteiger partial charge in [0.1, 0.15) is 5.82 Å². The molecule has 3 aromatic carbocycles. The van der Waals surface area contributed by atoms with Crippen LogP contribution in [0.1, 0.15) is 5.56 Å². The molecular weight excluding hydrogens is 389 g/mol. The van der Waals surface area contributed by atoms with Gasteiger partial charge < -0.3 is 0 Å². The highest BCUT2D eigenvalue weighted by Gasteiger charge is 2.16. The minimum Gasteiger partial charge on any atom is -0.287 e. The van der Waals surface area contributed by atoms with E-state index in [9.17, 15) is 14.5 Å². The van der Waals surface area contributed by atoms with E-state index in [2.05, 4.69) is 4.98 Å². The zero-order valence-electron chi connectivity index (χ0n) is 15.2. The molecule has 0 saturated heterocycles. The van der Waals surface area contributed by atoms with E-state index in [-0.39, 0.29) is 11.5 Å². The predicted molar refractivity (Wildman–Crippen MR) is 112 cm³/mol. The number of hydrogen-bond acceptors (Lipinski definition) is 4. The lowest BCUT2D eigenvalue weighted by Crippen LogP contribution is -2.00. The van der Waals surface area contributed by atoms with Crippen LogP contribution in [0.25, 0.3) is 16.9 Å². The molecule has 0 amide bonds. The van der Waals surface area contributed by atoms with Crippen molar-refractivity contribution >= 4 is 17.4 Å². The Morgan fingerprint density at radius 2 is 1.76 bits per heavy atom. The van der Waals surface area contributed by atoms with Gasteiger partial charge in [-0.2, -0.15) is 0 Å². The summed E-state index contributed by atoms with van der Waals surface area (Å²) in [5.41, 5.74) is 3.27. The Morgan fingerprint density at radius 1 is 1.00 bits per heavy atom. The average Bonchev–Trinajstić information content (AvgIpc) is 3.17. The number of aromatic nitrogens is 2. The Hall–Kier alpha value is -3.45. The van der Waals surface area contributed by atoms with Crippen LogP contribution < -0.4 is 0 Å². The molecule has 0 aliphatic heterocycles. The second-order valence-corrected chi connectivity index (χ2v) is 7.26. The molecule has 0 bridgehead atoms. The van der Waals surface area contributed by atoms with Crippen molar-refractivity contribution in [3.8, 4) is 16.9 Å². The number of nitrogens with zero attached hydrogens (tertiary/aromatic N) is 3. The van der Waals surface area contributed by atoms with Gasteiger partial charge in [0, 0.05) is 29.1 Å².